The summed E-state index contributed by atoms with van der Waals surface area (Å²) in [5, 5.41) is 2.05. The van der Waals surface area contributed by atoms with Crippen molar-refractivity contribution in [1.82, 2.24) is 0 Å². The molecule has 0 atom stereocenters. The lowest BCUT2D eigenvalue weighted by atomic mass is 10.3. The van der Waals surface area contributed by atoms with Crippen LogP contribution in [0.15, 0.2) is 70.6 Å². The molecule has 4 heteroatoms. The minimum absolute atomic E-state index is 0.985. The molecule has 0 N–H and O–H groups in total. The zero-order chi connectivity index (χ0) is 13.6. The molecule has 0 amide bonds. The molecule has 0 radical (unpaired) electrons. The summed E-state index contributed by atoms with van der Waals surface area (Å²) in [5.74, 6) is 2.17. The van der Waals surface area contributed by atoms with Gasteiger partial charge < -0.3 is 0 Å². The van der Waals surface area contributed by atoms with Crippen molar-refractivity contribution in [3.63, 3.8) is 0 Å². The Morgan fingerprint density at radius 1 is 0.600 bits per heavy atom. The zero-order valence-corrected chi connectivity index (χ0v) is 12.5. The summed E-state index contributed by atoms with van der Waals surface area (Å²) in [6, 6.07) is 20.1. The molecule has 0 bridgehead atoms. The second-order valence-electron chi connectivity index (χ2n) is 4.20. The molecule has 2 aromatic rings. The van der Waals surface area contributed by atoms with Crippen LogP contribution >= 0.6 is 23.5 Å². The third-order valence-corrected chi connectivity index (χ3v) is 5.04. The molecular formula is C16H14N2S2. The molecule has 1 fully saturated rings. The van der Waals surface area contributed by atoms with Crippen LogP contribution in [0.25, 0.3) is 0 Å². The first-order chi connectivity index (χ1) is 9.92. The van der Waals surface area contributed by atoms with Crippen LogP contribution in [0.3, 0.4) is 0 Å². The Balaban J connectivity index is 1.92. The van der Waals surface area contributed by atoms with Crippen molar-refractivity contribution in [1.29, 1.82) is 0 Å². The molecule has 20 heavy (non-hydrogen) atoms. The molecule has 0 saturated carbocycles. The van der Waals surface area contributed by atoms with E-state index >= 15 is 0 Å². The quantitative estimate of drug-likeness (QED) is 0.785. The maximum absolute atomic E-state index is 4.72. The first-order valence-corrected chi connectivity index (χ1v) is 8.42. The van der Waals surface area contributed by atoms with Gasteiger partial charge in [-0.15, -0.1) is 23.5 Å². The summed E-state index contributed by atoms with van der Waals surface area (Å²) >= 11 is 3.57. The standard InChI is InChI=1S/C16H14N2S2/c1-3-7-13(8-4-1)17-15-16(20-12-11-19-15)18-14-9-5-2-6-10-14/h1-10H,11-12H2/b17-15-,18-16+. The van der Waals surface area contributed by atoms with E-state index < -0.39 is 0 Å². The van der Waals surface area contributed by atoms with Gasteiger partial charge in [0.25, 0.3) is 0 Å². The van der Waals surface area contributed by atoms with Gasteiger partial charge in [0.05, 0.1) is 11.4 Å². The number of rotatable bonds is 2. The van der Waals surface area contributed by atoms with Gasteiger partial charge in [-0.05, 0) is 24.3 Å². The van der Waals surface area contributed by atoms with Crippen molar-refractivity contribution in [3.05, 3.63) is 60.7 Å². The van der Waals surface area contributed by atoms with Crippen molar-refractivity contribution in [2.45, 2.75) is 0 Å². The Labute approximate surface area is 127 Å². The zero-order valence-electron chi connectivity index (χ0n) is 10.9. The van der Waals surface area contributed by atoms with Crippen molar-refractivity contribution in [2.75, 3.05) is 11.5 Å². The third-order valence-electron chi connectivity index (χ3n) is 2.72. The minimum Gasteiger partial charge on any atom is -0.239 e. The molecule has 0 aromatic heterocycles. The highest BCUT2D eigenvalue weighted by Crippen LogP contribution is 2.27. The highest BCUT2D eigenvalue weighted by Gasteiger charge is 2.16. The maximum Gasteiger partial charge on any atom is 0.129 e. The Kier molecular flexibility index (Phi) is 4.56. The monoisotopic (exact) mass is 298 g/mol. The van der Waals surface area contributed by atoms with Gasteiger partial charge >= 0.3 is 0 Å². The number of thioether (sulfide) groups is 2. The second-order valence-corrected chi connectivity index (χ2v) is 6.37. The number of hydrogen-bond acceptors (Lipinski definition) is 4. The van der Waals surface area contributed by atoms with Crippen LogP contribution in [0.5, 0.6) is 0 Å². The van der Waals surface area contributed by atoms with Crippen molar-refractivity contribution >= 4 is 45.0 Å². The normalized spacial score (nSPS) is 19.4. The molecule has 3 rings (SSSR count). The number of aliphatic imine (C=N–C) groups is 2. The van der Waals surface area contributed by atoms with Crippen LogP contribution in [0.1, 0.15) is 0 Å². The molecule has 1 aliphatic rings. The van der Waals surface area contributed by atoms with Crippen molar-refractivity contribution in [3.8, 4) is 0 Å². The van der Waals surface area contributed by atoms with Gasteiger partial charge in [-0.2, -0.15) is 0 Å². The summed E-state index contributed by atoms with van der Waals surface area (Å²) in [7, 11) is 0. The van der Waals surface area contributed by atoms with E-state index in [1.807, 2.05) is 60.7 Å². The topological polar surface area (TPSA) is 24.7 Å². The first-order valence-electron chi connectivity index (χ1n) is 6.45. The molecule has 2 nitrogen and oxygen atoms in total. The van der Waals surface area contributed by atoms with Crippen LogP contribution in [-0.2, 0) is 0 Å². The average molecular weight is 298 g/mol. The molecule has 2 aromatic carbocycles. The fourth-order valence-corrected chi connectivity index (χ4v) is 3.88. The fourth-order valence-electron chi connectivity index (χ4n) is 1.80. The van der Waals surface area contributed by atoms with Crippen molar-refractivity contribution in [2.24, 2.45) is 9.98 Å². The SMILES string of the molecule is c1ccc(/N=C2\SCCS\C2=N\c2ccccc2)cc1. The van der Waals surface area contributed by atoms with Crippen LogP contribution in [0.2, 0.25) is 0 Å². The van der Waals surface area contributed by atoms with Gasteiger partial charge in [-0.3, -0.25) is 0 Å². The molecule has 0 unspecified atom stereocenters. The highest BCUT2D eigenvalue weighted by atomic mass is 32.2. The Hall–Kier alpha value is -1.52. The summed E-state index contributed by atoms with van der Waals surface area (Å²) < 4.78 is 0. The summed E-state index contributed by atoms with van der Waals surface area (Å²) in [4.78, 5) is 9.45. The lowest BCUT2D eigenvalue weighted by Gasteiger charge is -2.14. The molecule has 1 heterocycles. The van der Waals surface area contributed by atoms with E-state index in [9.17, 15) is 0 Å². The molecule has 0 aliphatic carbocycles. The Morgan fingerprint density at radius 3 is 1.40 bits per heavy atom. The van der Waals surface area contributed by atoms with E-state index in [0.29, 0.717) is 0 Å². The maximum atomic E-state index is 4.72. The van der Waals surface area contributed by atoms with Crippen LogP contribution in [-0.4, -0.2) is 21.6 Å². The lowest BCUT2D eigenvalue weighted by Crippen LogP contribution is -2.14. The first kappa shape index (κ1) is 13.5. The van der Waals surface area contributed by atoms with E-state index in [1.54, 1.807) is 23.5 Å². The summed E-state index contributed by atoms with van der Waals surface area (Å²) in [5.41, 5.74) is 1.97. The Morgan fingerprint density at radius 2 is 1.00 bits per heavy atom. The van der Waals surface area contributed by atoms with E-state index in [0.717, 1.165) is 33.0 Å². The van der Waals surface area contributed by atoms with Crippen LogP contribution < -0.4 is 0 Å². The van der Waals surface area contributed by atoms with E-state index in [-0.39, 0.29) is 0 Å². The summed E-state index contributed by atoms with van der Waals surface area (Å²) in [6.45, 7) is 0. The van der Waals surface area contributed by atoms with Crippen molar-refractivity contribution < 1.29 is 0 Å². The number of para-hydroxylation sites is 2. The number of benzene rings is 2. The average Bonchev–Trinajstić information content (AvgIpc) is 2.51. The van der Waals surface area contributed by atoms with Gasteiger partial charge in [-0.1, -0.05) is 36.4 Å². The fraction of sp³-hybridized carbons (Fsp3) is 0.125. The van der Waals surface area contributed by atoms with E-state index in [4.69, 9.17) is 9.98 Å². The van der Waals surface area contributed by atoms with Crippen LogP contribution in [0.4, 0.5) is 11.4 Å². The van der Waals surface area contributed by atoms with Crippen LogP contribution in [0, 0.1) is 0 Å². The molecule has 1 saturated heterocycles. The highest BCUT2D eigenvalue weighted by molar-refractivity contribution is 8.27. The second kappa shape index (κ2) is 6.77. The van der Waals surface area contributed by atoms with E-state index in [2.05, 4.69) is 0 Å². The molecule has 0 spiro atoms. The predicted molar refractivity (Wildman–Crippen MR) is 92.0 cm³/mol. The smallest absolute Gasteiger partial charge is 0.129 e. The number of nitrogens with zero attached hydrogens (tertiary/aromatic N) is 2. The molecule has 100 valence electrons. The van der Waals surface area contributed by atoms with Gasteiger partial charge in [-0.25, -0.2) is 9.98 Å². The van der Waals surface area contributed by atoms with E-state index in [1.165, 1.54) is 0 Å². The lowest BCUT2D eigenvalue weighted by molar-refractivity contribution is 1.51. The molecule has 1 aliphatic heterocycles. The van der Waals surface area contributed by atoms with Gasteiger partial charge in [0, 0.05) is 11.5 Å². The van der Waals surface area contributed by atoms with Gasteiger partial charge in [0.15, 0.2) is 0 Å². The summed E-state index contributed by atoms with van der Waals surface area (Å²) in [6.07, 6.45) is 0. The molecular weight excluding hydrogens is 284 g/mol. The third kappa shape index (κ3) is 3.52. The van der Waals surface area contributed by atoms with Gasteiger partial charge in [0.2, 0.25) is 0 Å². The minimum atomic E-state index is 0.985. The number of hydrogen-bond donors (Lipinski definition) is 0. The Bertz CT molecular complexity index is 564. The predicted octanol–water partition coefficient (Wildman–Crippen LogP) is 4.93. The van der Waals surface area contributed by atoms with Gasteiger partial charge in [0.1, 0.15) is 10.1 Å². The largest absolute Gasteiger partial charge is 0.239 e.